The number of hydrogen-bond donors (Lipinski definition) is 0. The van der Waals surface area contributed by atoms with E-state index in [1.807, 2.05) is 0 Å². The molecule has 0 atom stereocenters. The molecule has 214 valence electrons. The number of benzene rings is 2. The van der Waals surface area contributed by atoms with Gasteiger partial charge in [-0.15, -0.1) is 0 Å². The molecule has 0 N–H and O–H groups in total. The third-order valence-electron chi connectivity index (χ3n) is 5.87. The van der Waals surface area contributed by atoms with Gasteiger partial charge in [0.1, 0.15) is 29.0 Å². The van der Waals surface area contributed by atoms with Crippen molar-refractivity contribution in [2.75, 3.05) is 6.26 Å². The molecule has 2 aromatic carbocycles. The van der Waals surface area contributed by atoms with E-state index in [0.717, 1.165) is 30.3 Å². The van der Waals surface area contributed by atoms with Crippen molar-refractivity contribution in [3.05, 3.63) is 98.8 Å². The molecule has 2 aromatic heterocycles. The second kappa shape index (κ2) is 10.2. The first-order valence-electron chi connectivity index (χ1n) is 11.1. The van der Waals surface area contributed by atoms with Crippen molar-refractivity contribution in [1.82, 2.24) is 4.57 Å². The Morgan fingerprint density at radius 2 is 1.56 bits per heavy atom. The van der Waals surface area contributed by atoms with Gasteiger partial charge in [-0.25, -0.2) is 17.2 Å². The zero-order valence-electron chi connectivity index (χ0n) is 20.4. The number of alkyl halides is 6. The summed E-state index contributed by atoms with van der Waals surface area (Å²) in [5.74, 6) is -3.07. The van der Waals surface area contributed by atoms with Gasteiger partial charge < -0.3 is 4.42 Å². The van der Waals surface area contributed by atoms with Gasteiger partial charge in [0.2, 0.25) is 0 Å². The van der Waals surface area contributed by atoms with Crippen LogP contribution in [0.4, 0.5) is 35.1 Å². The van der Waals surface area contributed by atoms with Crippen LogP contribution in [0.3, 0.4) is 0 Å². The average Bonchev–Trinajstić information content (AvgIpc) is 3.34. The summed E-state index contributed by atoms with van der Waals surface area (Å²) in [4.78, 5) is 12.3. The molecule has 0 spiro atoms. The van der Waals surface area contributed by atoms with Gasteiger partial charge >= 0.3 is 12.4 Å². The lowest BCUT2D eigenvalue weighted by atomic mass is 10.1. The van der Waals surface area contributed by atoms with Crippen LogP contribution in [0.15, 0.2) is 68.7 Å². The zero-order valence-corrected chi connectivity index (χ0v) is 21.2. The quantitative estimate of drug-likeness (QED) is 0.246. The summed E-state index contributed by atoms with van der Waals surface area (Å²) < 4.78 is 139. The van der Waals surface area contributed by atoms with Crippen LogP contribution in [0.25, 0.3) is 22.8 Å². The van der Waals surface area contributed by atoms with E-state index in [4.69, 9.17) is 4.42 Å². The Labute approximate surface area is 225 Å². The lowest BCUT2D eigenvalue weighted by Crippen LogP contribution is -2.29. The highest BCUT2D eigenvalue weighted by atomic mass is 32.2. The maximum Gasteiger partial charge on any atom is 0.417 e. The first-order valence-corrected chi connectivity index (χ1v) is 13.0. The molecule has 0 saturated carbocycles. The van der Waals surface area contributed by atoms with Gasteiger partial charge in [-0.3, -0.25) is 9.36 Å². The topological polar surface area (TPSA) is 93.1 Å². The Hall–Kier alpha value is -4.45. The highest BCUT2D eigenvalue weighted by Gasteiger charge is 2.37. The summed E-state index contributed by atoms with van der Waals surface area (Å²) >= 11 is 0. The van der Waals surface area contributed by atoms with Crippen molar-refractivity contribution < 1.29 is 48.0 Å². The standard InChI is InChI=1S/C26H14F8N2O4S/c1-41(38,39)17-7-14(6-15(8-17)25(29,30)31)22-4-5-23(40-22)21-10-19(26(32,33)34)18(11-35)24(37)36(21)12-13-2-3-16(27)9-20(13)28/h2-10H,12H2,1H3. The minimum Gasteiger partial charge on any atom is -0.455 e. The Balaban J connectivity index is 1.97. The van der Waals surface area contributed by atoms with Crippen LogP contribution in [0, 0.1) is 23.0 Å². The number of halogens is 8. The summed E-state index contributed by atoms with van der Waals surface area (Å²) in [6.07, 6.45) is -9.51. The first kappa shape index (κ1) is 29.5. The van der Waals surface area contributed by atoms with E-state index in [9.17, 15) is 53.6 Å². The number of pyridine rings is 1. The van der Waals surface area contributed by atoms with E-state index >= 15 is 0 Å². The monoisotopic (exact) mass is 602 g/mol. The van der Waals surface area contributed by atoms with Crippen molar-refractivity contribution in [3.8, 4) is 28.8 Å². The van der Waals surface area contributed by atoms with Gasteiger partial charge in [0, 0.05) is 23.4 Å². The smallest absolute Gasteiger partial charge is 0.417 e. The number of nitrogens with zero attached hydrogens (tertiary/aromatic N) is 2. The molecule has 0 amide bonds. The maximum atomic E-state index is 14.4. The number of aromatic nitrogens is 1. The molecule has 0 unspecified atom stereocenters. The summed E-state index contributed by atoms with van der Waals surface area (Å²) in [6.45, 7) is -0.787. The van der Waals surface area contributed by atoms with E-state index in [-0.39, 0.29) is 5.56 Å². The molecule has 0 aliphatic heterocycles. The molecule has 0 fully saturated rings. The molecule has 0 bridgehead atoms. The van der Waals surface area contributed by atoms with E-state index in [0.29, 0.717) is 35.1 Å². The summed E-state index contributed by atoms with van der Waals surface area (Å²) in [7, 11) is -4.15. The van der Waals surface area contributed by atoms with Crippen molar-refractivity contribution >= 4 is 9.84 Å². The molecule has 0 saturated heterocycles. The molecule has 41 heavy (non-hydrogen) atoms. The van der Waals surface area contributed by atoms with Crippen molar-refractivity contribution in [2.45, 2.75) is 23.8 Å². The highest BCUT2D eigenvalue weighted by Crippen LogP contribution is 2.38. The molecule has 0 aliphatic carbocycles. The summed E-state index contributed by atoms with van der Waals surface area (Å²) in [5.41, 5.74) is -7.24. The molecule has 15 heteroatoms. The number of nitriles is 1. The second-order valence-corrected chi connectivity index (χ2v) is 10.8. The lowest BCUT2D eigenvalue weighted by molar-refractivity contribution is -0.138. The Morgan fingerprint density at radius 3 is 2.12 bits per heavy atom. The Kier molecular flexibility index (Phi) is 7.34. The first-order chi connectivity index (χ1) is 18.9. The fraction of sp³-hybridized carbons (Fsp3) is 0.154. The fourth-order valence-electron chi connectivity index (χ4n) is 3.91. The van der Waals surface area contributed by atoms with Crippen LogP contribution < -0.4 is 5.56 Å². The average molecular weight is 602 g/mol. The van der Waals surface area contributed by atoms with Gasteiger partial charge in [0.05, 0.1) is 28.3 Å². The molecule has 2 heterocycles. The zero-order chi connectivity index (χ0) is 30.5. The molecular formula is C26H14F8N2O4S. The summed E-state index contributed by atoms with van der Waals surface area (Å²) in [5, 5.41) is 9.29. The molecule has 4 aromatic rings. The van der Waals surface area contributed by atoms with E-state index in [1.165, 1.54) is 6.07 Å². The predicted molar refractivity (Wildman–Crippen MR) is 127 cm³/mol. The van der Waals surface area contributed by atoms with Crippen molar-refractivity contribution in [3.63, 3.8) is 0 Å². The highest BCUT2D eigenvalue weighted by molar-refractivity contribution is 7.90. The molecule has 0 radical (unpaired) electrons. The number of rotatable bonds is 5. The predicted octanol–water partition coefficient (Wildman–Crippen LogP) is 6.41. The Morgan fingerprint density at radius 1 is 0.902 bits per heavy atom. The summed E-state index contributed by atoms with van der Waals surface area (Å²) in [6, 6.07) is 7.59. The van der Waals surface area contributed by atoms with Crippen LogP contribution in [0.2, 0.25) is 0 Å². The van der Waals surface area contributed by atoms with Gasteiger partial charge in [-0.2, -0.15) is 31.6 Å². The van der Waals surface area contributed by atoms with E-state index in [1.54, 1.807) is 0 Å². The van der Waals surface area contributed by atoms with E-state index in [2.05, 4.69) is 0 Å². The van der Waals surface area contributed by atoms with E-state index < -0.39 is 90.3 Å². The SMILES string of the molecule is CS(=O)(=O)c1cc(-c2ccc(-c3cc(C(F)(F)F)c(C#N)c(=O)n3Cc3ccc(F)cc3F)o2)cc(C(F)(F)F)c1. The Bertz CT molecular complexity index is 1880. The molecular weight excluding hydrogens is 588 g/mol. The van der Waals surface area contributed by atoms with Gasteiger partial charge in [0.25, 0.3) is 5.56 Å². The second-order valence-electron chi connectivity index (χ2n) is 8.73. The number of sulfone groups is 1. The van der Waals surface area contributed by atoms with Crippen LogP contribution in [-0.2, 0) is 28.7 Å². The van der Waals surface area contributed by atoms with Crippen LogP contribution in [0.5, 0.6) is 0 Å². The van der Waals surface area contributed by atoms with Crippen LogP contribution >= 0.6 is 0 Å². The van der Waals surface area contributed by atoms with Gasteiger partial charge in [-0.1, -0.05) is 6.07 Å². The van der Waals surface area contributed by atoms with Crippen molar-refractivity contribution in [2.24, 2.45) is 0 Å². The normalized spacial score (nSPS) is 12.4. The molecule has 0 aliphatic rings. The molecule has 4 rings (SSSR count). The van der Waals surface area contributed by atoms with Gasteiger partial charge in [-0.05, 0) is 42.5 Å². The van der Waals surface area contributed by atoms with Crippen LogP contribution in [0.1, 0.15) is 22.3 Å². The van der Waals surface area contributed by atoms with Crippen molar-refractivity contribution in [1.29, 1.82) is 5.26 Å². The third kappa shape index (κ3) is 6.02. The number of furan rings is 1. The minimum absolute atomic E-state index is 0.346. The lowest BCUT2D eigenvalue weighted by Gasteiger charge is -2.16. The number of hydrogen-bond acceptors (Lipinski definition) is 5. The molecule has 6 nitrogen and oxygen atoms in total. The largest absolute Gasteiger partial charge is 0.455 e. The van der Waals surface area contributed by atoms with Gasteiger partial charge in [0.15, 0.2) is 15.6 Å². The van der Waals surface area contributed by atoms with Crippen LogP contribution in [-0.4, -0.2) is 19.2 Å². The third-order valence-corrected chi connectivity index (χ3v) is 6.96. The maximum absolute atomic E-state index is 14.4. The minimum atomic E-state index is -5.21. The fourth-order valence-corrected chi connectivity index (χ4v) is 4.59.